The number of thiophene rings is 1. The van der Waals surface area contributed by atoms with Crippen LogP contribution in [-0.2, 0) is 14.3 Å². The lowest BCUT2D eigenvalue weighted by atomic mass is 10.2. The van der Waals surface area contributed by atoms with Crippen molar-refractivity contribution in [2.75, 3.05) is 18.5 Å². The molecule has 0 saturated carbocycles. The number of carbonyl (C=O) groups is 3. The summed E-state index contributed by atoms with van der Waals surface area (Å²) in [6.45, 7) is 1.52. The molecule has 2 N–H and O–H groups in total. The van der Waals surface area contributed by atoms with Gasteiger partial charge in [0.2, 0.25) is 0 Å². The maximum absolute atomic E-state index is 11.8. The molecule has 6 nitrogen and oxygen atoms in total. The van der Waals surface area contributed by atoms with Crippen LogP contribution in [0.25, 0.3) is 0 Å². The van der Waals surface area contributed by atoms with Crippen LogP contribution in [0.3, 0.4) is 0 Å². The summed E-state index contributed by atoms with van der Waals surface area (Å²) in [6.07, 6.45) is -0.0133. The quantitative estimate of drug-likeness (QED) is 0.723. The predicted octanol–water partition coefficient (Wildman–Crippen LogP) is 3.01. The van der Waals surface area contributed by atoms with Crippen molar-refractivity contribution in [1.29, 1.82) is 0 Å². The topological polar surface area (TPSA) is 84.5 Å². The average molecular weight is 381 g/mol. The number of esters is 1. The van der Waals surface area contributed by atoms with Crippen molar-refractivity contribution in [2.24, 2.45) is 0 Å². The Balaban J connectivity index is 1.68. The lowest BCUT2D eigenvalue weighted by Crippen LogP contribution is -2.27. The molecular formula is C17H17ClN2O4S. The molecule has 0 saturated heterocycles. The molecule has 2 amide bonds. The van der Waals surface area contributed by atoms with Gasteiger partial charge in [-0.25, -0.2) is 0 Å². The van der Waals surface area contributed by atoms with E-state index >= 15 is 0 Å². The largest absolute Gasteiger partial charge is 0.456 e. The Bertz CT molecular complexity index is 762. The number of nitrogens with one attached hydrogen (secondary N) is 2. The number of hydrogen-bond donors (Lipinski definition) is 2. The van der Waals surface area contributed by atoms with Crippen LogP contribution in [-0.4, -0.2) is 30.9 Å². The molecule has 0 spiro atoms. The standard InChI is InChI=1S/C17H17ClN2O4S/c1-11-12(18)4-2-5-13(11)20-15(21)10-24-16(22)7-8-19-17(23)14-6-3-9-25-14/h2-6,9H,7-8,10H2,1H3,(H,19,23)(H,20,21). The molecule has 8 heteroatoms. The second-order valence-corrected chi connectivity index (χ2v) is 6.46. The number of ether oxygens (including phenoxy) is 1. The lowest BCUT2D eigenvalue weighted by Gasteiger charge is -2.10. The summed E-state index contributed by atoms with van der Waals surface area (Å²) in [5.41, 5.74) is 1.30. The molecule has 0 fully saturated rings. The van der Waals surface area contributed by atoms with E-state index in [9.17, 15) is 14.4 Å². The molecule has 25 heavy (non-hydrogen) atoms. The summed E-state index contributed by atoms with van der Waals surface area (Å²) in [7, 11) is 0. The van der Waals surface area contributed by atoms with Crippen LogP contribution in [0, 0.1) is 6.92 Å². The van der Waals surface area contributed by atoms with E-state index in [0.29, 0.717) is 15.6 Å². The van der Waals surface area contributed by atoms with Crippen LogP contribution in [0.4, 0.5) is 5.69 Å². The molecule has 0 atom stereocenters. The second kappa shape index (κ2) is 9.19. The Morgan fingerprint density at radius 3 is 2.72 bits per heavy atom. The maximum Gasteiger partial charge on any atom is 0.308 e. The van der Waals surface area contributed by atoms with Gasteiger partial charge in [-0.2, -0.15) is 0 Å². The number of halogens is 1. The van der Waals surface area contributed by atoms with Crippen LogP contribution in [0.1, 0.15) is 21.7 Å². The van der Waals surface area contributed by atoms with Gasteiger partial charge in [0.15, 0.2) is 6.61 Å². The first-order valence-corrected chi connectivity index (χ1v) is 8.75. The highest BCUT2D eigenvalue weighted by Gasteiger charge is 2.11. The average Bonchev–Trinajstić information content (AvgIpc) is 3.12. The number of benzene rings is 1. The number of rotatable bonds is 7. The molecular weight excluding hydrogens is 364 g/mol. The highest BCUT2D eigenvalue weighted by atomic mass is 35.5. The van der Waals surface area contributed by atoms with E-state index in [1.165, 1.54) is 11.3 Å². The monoisotopic (exact) mass is 380 g/mol. The van der Waals surface area contributed by atoms with Crippen LogP contribution < -0.4 is 10.6 Å². The zero-order chi connectivity index (χ0) is 18.2. The van der Waals surface area contributed by atoms with Gasteiger partial charge in [0.05, 0.1) is 11.3 Å². The smallest absolute Gasteiger partial charge is 0.308 e. The summed E-state index contributed by atoms with van der Waals surface area (Å²) in [5, 5.41) is 7.58. The fourth-order valence-corrected chi connectivity index (χ4v) is 2.73. The van der Waals surface area contributed by atoms with Gasteiger partial charge in [0.1, 0.15) is 0 Å². The molecule has 0 radical (unpaired) electrons. The summed E-state index contributed by atoms with van der Waals surface area (Å²) in [6, 6.07) is 8.61. The van der Waals surface area contributed by atoms with Gasteiger partial charge in [-0.1, -0.05) is 23.7 Å². The lowest BCUT2D eigenvalue weighted by molar-refractivity contribution is -0.147. The maximum atomic E-state index is 11.8. The first-order valence-electron chi connectivity index (χ1n) is 7.49. The SMILES string of the molecule is Cc1c(Cl)cccc1NC(=O)COC(=O)CCNC(=O)c1cccs1. The van der Waals surface area contributed by atoms with Gasteiger partial charge in [0, 0.05) is 17.3 Å². The molecule has 0 unspecified atom stereocenters. The second-order valence-electron chi connectivity index (χ2n) is 5.10. The number of anilines is 1. The highest BCUT2D eigenvalue weighted by molar-refractivity contribution is 7.12. The van der Waals surface area contributed by atoms with E-state index in [2.05, 4.69) is 10.6 Å². The van der Waals surface area contributed by atoms with E-state index in [-0.39, 0.29) is 18.9 Å². The summed E-state index contributed by atoms with van der Waals surface area (Å²) in [5.74, 6) is -1.26. The first kappa shape index (κ1) is 19.0. The molecule has 2 aromatic rings. The molecule has 0 aliphatic heterocycles. The Hall–Kier alpha value is -2.38. The normalized spacial score (nSPS) is 10.2. The zero-order valence-corrected chi connectivity index (χ0v) is 15.1. The van der Waals surface area contributed by atoms with E-state index < -0.39 is 18.5 Å². The number of carbonyl (C=O) groups excluding carboxylic acids is 3. The van der Waals surface area contributed by atoms with Gasteiger partial charge in [-0.15, -0.1) is 11.3 Å². The fourth-order valence-electron chi connectivity index (χ4n) is 1.92. The number of amides is 2. The van der Waals surface area contributed by atoms with Crippen molar-refractivity contribution in [3.63, 3.8) is 0 Å². The Kier molecular flexibility index (Phi) is 6.97. The third kappa shape index (κ3) is 5.88. The molecule has 1 aromatic carbocycles. The van der Waals surface area contributed by atoms with Crippen molar-refractivity contribution in [3.05, 3.63) is 51.2 Å². The van der Waals surface area contributed by atoms with Crippen molar-refractivity contribution in [2.45, 2.75) is 13.3 Å². The van der Waals surface area contributed by atoms with E-state index in [0.717, 1.165) is 5.56 Å². The van der Waals surface area contributed by atoms with Crippen molar-refractivity contribution < 1.29 is 19.1 Å². The Labute approximate surface area is 154 Å². The van der Waals surface area contributed by atoms with E-state index in [1.54, 1.807) is 42.6 Å². The van der Waals surface area contributed by atoms with Crippen molar-refractivity contribution in [3.8, 4) is 0 Å². The van der Waals surface area contributed by atoms with Crippen molar-refractivity contribution >= 4 is 46.4 Å². The minimum Gasteiger partial charge on any atom is -0.456 e. The molecule has 1 heterocycles. The van der Waals surface area contributed by atoms with Crippen LogP contribution >= 0.6 is 22.9 Å². The minimum absolute atomic E-state index is 0.0133. The van der Waals surface area contributed by atoms with Crippen LogP contribution in [0.15, 0.2) is 35.7 Å². The van der Waals surface area contributed by atoms with E-state index in [1.807, 2.05) is 0 Å². The summed E-state index contributed by atoms with van der Waals surface area (Å²) >= 11 is 7.29. The predicted molar refractivity (Wildman–Crippen MR) is 97.0 cm³/mol. The van der Waals surface area contributed by atoms with Gasteiger partial charge in [0.25, 0.3) is 11.8 Å². The third-order valence-electron chi connectivity index (χ3n) is 3.27. The molecule has 0 aliphatic rings. The molecule has 0 bridgehead atoms. The first-order chi connectivity index (χ1) is 12.0. The molecule has 132 valence electrons. The summed E-state index contributed by atoms with van der Waals surface area (Å²) in [4.78, 5) is 35.7. The van der Waals surface area contributed by atoms with Gasteiger partial charge in [-0.3, -0.25) is 14.4 Å². The molecule has 2 rings (SSSR count). The van der Waals surface area contributed by atoms with Gasteiger partial charge >= 0.3 is 5.97 Å². The van der Waals surface area contributed by atoms with E-state index in [4.69, 9.17) is 16.3 Å². The minimum atomic E-state index is -0.565. The van der Waals surface area contributed by atoms with Crippen molar-refractivity contribution in [1.82, 2.24) is 5.32 Å². The van der Waals surface area contributed by atoms with Gasteiger partial charge < -0.3 is 15.4 Å². The number of hydrogen-bond acceptors (Lipinski definition) is 5. The Morgan fingerprint density at radius 1 is 1.20 bits per heavy atom. The third-order valence-corrected chi connectivity index (χ3v) is 4.54. The summed E-state index contributed by atoms with van der Waals surface area (Å²) < 4.78 is 4.89. The van der Waals surface area contributed by atoms with Crippen LogP contribution in [0.2, 0.25) is 5.02 Å². The zero-order valence-electron chi connectivity index (χ0n) is 13.5. The molecule has 0 aliphatic carbocycles. The molecule has 1 aromatic heterocycles. The Morgan fingerprint density at radius 2 is 2.00 bits per heavy atom. The fraction of sp³-hybridized carbons (Fsp3) is 0.235. The van der Waals surface area contributed by atoms with Crippen LogP contribution in [0.5, 0.6) is 0 Å². The highest BCUT2D eigenvalue weighted by Crippen LogP contribution is 2.22. The van der Waals surface area contributed by atoms with Gasteiger partial charge in [-0.05, 0) is 36.1 Å².